The Labute approximate surface area is 245 Å². The van der Waals surface area contributed by atoms with Gasteiger partial charge in [-0.3, -0.25) is 9.88 Å². The molecule has 1 aromatic heterocycles. The van der Waals surface area contributed by atoms with Gasteiger partial charge in [0.15, 0.2) is 0 Å². The number of alkyl halides is 2. The third-order valence-corrected chi connectivity index (χ3v) is 5.89. The molecule has 240 valence electrons. The van der Waals surface area contributed by atoms with Crippen molar-refractivity contribution in [3.63, 3.8) is 0 Å². The van der Waals surface area contributed by atoms with Crippen LogP contribution in [0, 0.1) is 0 Å². The zero-order valence-electron chi connectivity index (χ0n) is 24.8. The summed E-state index contributed by atoms with van der Waals surface area (Å²) < 4.78 is 55.0. The predicted molar refractivity (Wildman–Crippen MR) is 151 cm³/mol. The fraction of sp³-hybridized carbons (Fsp3) is 0.714. The van der Waals surface area contributed by atoms with Crippen LogP contribution in [0.25, 0.3) is 0 Å². The number of nitrogens with one attached hydrogen (secondary N) is 1. The van der Waals surface area contributed by atoms with Crippen molar-refractivity contribution in [1.29, 1.82) is 0 Å². The molecule has 1 fully saturated rings. The third kappa shape index (κ3) is 15.0. The van der Waals surface area contributed by atoms with Crippen LogP contribution in [0.4, 0.5) is 24.2 Å². The minimum atomic E-state index is -3.32. The Morgan fingerprint density at radius 2 is 1.60 bits per heavy atom. The van der Waals surface area contributed by atoms with Gasteiger partial charge in [-0.1, -0.05) is 59.3 Å². The molecule has 1 amide bonds. The largest absolute Gasteiger partial charge is 0.505 e. The average Bonchev–Trinajstić information content (AvgIpc) is 3.24. The molecular formula is C28H45F2N3O9. The number of hydrogen-bond donors (Lipinski definition) is 2. The molecule has 0 spiro atoms. The van der Waals surface area contributed by atoms with E-state index in [0.29, 0.717) is 17.8 Å². The molecule has 12 nitrogen and oxygen atoms in total. The van der Waals surface area contributed by atoms with Crippen molar-refractivity contribution in [1.82, 2.24) is 9.55 Å². The van der Waals surface area contributed by atoms with E-state index in [0.717, 1.165) is 64.0 Å². The summed E-state index contributed by atoms with van der Waals surface area (Å²) in [4.78, 5) is 37.4. The van der Waals surface area contributed by atoms with Crippen molar-refractivity contribution < 1.29 is 47.2 Å². The van der Waals surface area contributed by atoms with Gasteiger partial charge in [0.1, 0.15) is 18.5 Å². The van der Waals surface area contributed by atoms with E-state index in [2.05, 4.69) is 35.5 Å². The maximum absolute atomic E-state index is 14.5. The minimum absolute atomic E-state index is 0.0392. The van der Waals surface area contributed by atoms with Gasteiger partial charge in [0.05, 0.1) is 19.8 Å². The highest BCUT2D eigenvalue weighted by atomic mass is 19.3. The SMILES string of the molecule is C=C(OCCCCC)OCC1CC(F)(F)[C@H](n2ccc(NC(=O)OCCCCC)nc2=O)O1.CCCCCOC(=O)O. The van der Waals surface area contributed by atoms with Crippen LogP contribution in [0.1, 0.15) is 91.2 Å². The average molecular weight is 606 g/mol. The molecule has 1 saturated heterocycles. The number of unbranched alkanes of at least 4 members (excludes halogenated alkanes) is 6. The molecule has 2 rings (SSSR count). The van der Waals surface area contributed by atoms with Gasteiger partial charge in [-0.25, -0.2) is 23.2 Å². The second-order valence-corrected chi connectivity index (χ2v) is 9.61. The molecule has 2 atom stereocenters. The molecule has 0 aliphatic carbocycles. The second kappa shape index (κ2) is 20.5. The van der Waals surface area contributed by atoms with Gasteiger partial charge in [-0.05, 0) is 31.9 Å². The van der Waals surface area contributed by atoms with Crippen LogP contribution in [0.5, 0.6) is 0 Å². The van der Waals surface area contributed by atoms with Gasteiger partial charge in [0.2, 0.25) is 6.23 Å². The number of carbonyl (C=O) groups excluding carboxylic acids is 1. The molecule has 1 aliphatic heterocycles. The first-order chi connectivity index (χ1) is 20.0. The first kappa shape index (κ1) is 36.6. The van der Waals surface area contributed by atoms with Crippen molar-refractivity contribution >= 4 is 18.1 Å². The minimum Gasteiger partial charge on any atom is -0.466 e. The number of halogens is 2. The molecule has 42 heavy (non-hydrogen) atoms. The zero-order valence-corrected chi connectivity index (χ0v) is 24.8. The lowest BCUT2D eigenvalue weighted by atomic mass is 10.2. The van der Waals surface area contributed by atoms with E-state index < -0.39 is 42.6 Å². The number of carboxylic acid groups (broad SMARTS) is 1. The molecule has 0 aromatic carbocycles. The first-order valence-electron chi connectivity index (χ1n) is 14.4. The van der Waals surface area contributed by atoms with Crippen molar-refractivity contribution in [3.8, 4) is 0 Å². The lowest BCUT2D eigenvalue weighted by molar-refractivity contribution is -0.123. The highest BCUT2D eigenvalue weighted by Gasteiger charge is 2.52. The van der Waals surface area contributed by atoms with Crippen LogP contribution >= 0.6 is 0 Å². The Hall–Kier alpha value is -3.42. The Bertz CT molecular complexity index is 1010. The highest BCUT2D eigenvalue weighted by Crippen LogP contribution is 2.42. The van der Waals surface area contributed by atoms with E-state index >= 15 is 0 Å². The summed E-state index contributed by atoms with van der Waals surface area (Å²) in [6, 6.07) is 1.23. The number of carbonyl (C=O) groups is 2. The predicted octanol–water partition coefficient (Wildman–Crippen LogP) is 6.47. The van der Waals surface area contributed by atoms with E-state index in [9.17, 15) is 23.2 Å². The quantitative estimate of drug-likeness (QED) is 0.108. The van der Waals surface area contributed by atoms with E-state index in [4.69, 9.17) is 24.1 Å². The molecule has 14 heteroatoms. The maximum atomic E-state index is 14.5. The van der Waals surface area contributed by atoms with Crippen LogP contribution in [0.3, 0.4) is 0 Å². The molecular weight excluding hydrogens is 560 g/mol. The standard InChI is InChI=1S/C22H33F2N3O6.C6H12O3/c1-4-6-8-12-30-16(3)32-15-17-14-22(23,24)19(33-17)27-11-10-18(25-20(27)28)26-21(29)31-13-9-7-5-2;1-2-3-4-5-9-6(7)8/h10-11,17,19H,3-9,12-15H2,1-2H3,(H,25,26,28,29);2-5H2,1H3,(H,7,8)/t17?,19-;/m1./s1. The number of amides is 1. The molecule has 2 heterocycles. The summed E-state index contributed by atoms with van der Waals surface area (Å²) >= 11 is 0. The molecule has 0 bridgehead atoms. The van der Waals surface area contributed by atoms with E-state index in [-0.39, 0.29) is 25.0 Å². The summed E-state index contributed by atoms with van der Waals surface area (Å²) in [5.41, 5.74) is -0.992. The normalized spacial score (nSPS) is 17.0. The van der Waals surface area contributed by atoms with Gasteiger partial charge in [-0.15, -0.1) is 0 Å². The number of hydrogen-bond acceptors (Lipinski definition) is 9. The van der Waals surface area contributed by atoms with Crippen molar-refractivity contribution in [2.45, 2.75) is 103 Å². The number of nitrogens with zero attached hydrogens (tertiary/aromatic N) is 2. The zero-order chi connectivity index (χ0) is 31.4. The lowest BCUT2D eigenvalue weighted by Crippen LogP contribution is -2.35. The number of ether oxygens (including phenoxy) is 5. The van der Waals surface area contributed by atoms with Gasteiger partial charge in [0, 0.05) is 12.6 Å². The van der Waals surface area contributed by atoms with E-state index in [1.54, 1.807) is 0 Å². The summed E-state index contributed by atoms with van der Waals surface area (Å²) in [7, 11) is 0. The molecule has 1 aliphatic rings. The molecule has 0 saturated carbocycles. The van der Waals surface area contributed by atoms with Crippen LogP contribution in [-0.4, -0.2) is 65.4 Å². The van der Waals surface area contributed by atoms with E-state index in [1.807, 2.05) is 6.92 Å². The van der Waals surface area contributed by atoms with Crippen LogP contribution in [0.2, 0.25) is 0 Å². The monoisotopic (exact) mass is 605 g/mol. The highest BCUT2D eigenvalue weighted by molar-refractivity contribution is 5.83. The van der Waals surface area contributed by atoms with Crippen molar-refractivity contribution in [2.75, 3.05) is 31.7 Å². The van der Waals surface area contributed by atoms with Crippen LogP contribution in [-0.2, 0) is 23.7 Å². The van der Waals surface area contributed by atoms with Crippen LogP contribution < -0.4 is 11.0 Å². The fourth-order valence-corrected chi connectivity index (χ4v) is 3.70. The fourth-order valence-electron chi connectivity index (χ4n) is 3.70. The first-order valence-corrected chi connectivity index (χ1v) is 14.4. The maximum Gasteiger partial charge on any atom is 0.505 e. The third-order valence-electron chi connectivity index (χ3n) is 5.89. The van der Waals surface area contributed by atoms with Crippen LogP contribution in [0.15, 0.2) is 29.6 Å². The van der Waals surface area contributed by atoms with Crippen molar-refractivity contribution in [3.05, 3.63) is 35.3 Å². The summed E-state index contributed by atoms with van der Waals surface area (Å²) in [6.45, 7) is 10.6. The van der Waals surface area contributed by atoms with E-state index in [1.165, 1.54) is 6.07 Å². The Morgan fingerprint density at radius 1 is 1.02 bits per heavy atom. The molecule has 2 N–H and O–H groups in total. The number of rotatable bonds is 18. The van der Waals surface area contributed by atoms with Gasteiger partial charge < -0.3 is 28.8 Å². The molecule has 1 aromatic rings. The van der Waals surface area contributed by atoms with Gasteiger partial charge in [0.25, 0.3) is 11.9 Å². The lowest BCUT2D eigenvalue weighted by Gasteiger charge is -2.20. The Balaban J connectivity index is 0.000000844. The molecule has 1 unspecified atom stereocenters. The smallest absolute Gasteiger partial charge is 0.466 e. The number of anilines is 1. The summed E-state index contributed by atoms with van der Waals surface area (Å²) in [5, 5.41) is 10.3. The Kier molecular flexibility index (Phi) is 17.8. The molecule has 0 radical (unpaired) electrons. The topological polar surface area (TPSA) is 147 Å². The summed E-state index contributed by atoms with van der Waals surface area (Å²) in [5.74, 6) is -3.39. The van der Waals surface area contributed by atoms with Gasteiger partial charge in [-0.2, -0.15) is 4.98 Å². The second-order valence-electron chi connectivity index (χ2n) is 9.61. The van der Waals surface area contributed by atoms with Crippen molar-refractivity contribution in [2.24, 2.45) is 0 Å². The van der Waals surface area contributed by atoms with Gasteiger partial charge >= 0.3 is 17.9 Å². The number of aromatic nitrogens is 2. The Morgan fingerprint density at radius 3 is 2.14 bits per heavy atom. The summed E-state index contributed by atoms with van der Waals surface area (Å²) in [6.07, 6.45) is 4.16.